The van der Waals surface area contributed by atoms with Crippen LogP contribution in [0.15, 0.2) is 36.4 Å². The van der Waals surface area contributed by atoms with Crippen LogP contribution in [0.25, 0.3) is 11.6 Å². The summed E-state index contributed by atoms with van der Waals surface area (Å²) in [6, 6.07) is 8.01. The third-order valence-electron chi connectivity index (χ3n) is 3.31. The number of carbonyl (C=O) groups is 1. The van der Waals surface area contributed by atoms with Gasteiger partial charge in [-0.1, -0.05) is 12.1 Å². The minimum atomic E-state index is -1.29. The highest BCUT2D eigenvalue weighted by atomic mass is 16.6. The van der Waals surface area contributed by atoms with Crippen molar-refractivity contribution in [2.45, 2.75) is 6.92 Å². The quantitative estimate of drug-likeness (QED) is 0.317. The molecule has 25 heavy (non-hydrogen) atoms. The second-order valence-corrected chi connectivity index (χ2v) is 4.98. The van der Waals surface area contributed by atoms with E-state index in [4.69, 9.17) is 4.74 Å². The fourth-order valence-corrected chi connectivity index (χ4v) is 2.19. The molecule has 0 amide bonds. The van der Waals surface area contributed by atoms with Crippen molar-refractivity contribution in [3.63, 3.8) is 0 Å². The van der Waals surface area contributed by atoms with Crippen LogP contribution in [0.3, 0.4) is 0 Å². The first-order valence-corrected chi connectivity index (χ1v) is 7.22. The molecule has 2 aromatic rings. The van der Waals surface area contributed by atoms with Crippen LogP contribution in [0.5, 0.6) is 17.2 Å². The van der Waals surface area contributed by atoms with Crippen LogP contribution >= 0.6 is 0 Å². The van der Waals surface area contributed by atoms with Crippen molar-refractivity contribution in [2.24, 2.45) is 0 Å². The second kappa shape index (κ2) is 7.35. The molecule has 3 N–H and O–H groups in total. The smallest absolute Gasteiger partial charge is 0.336 e. The van der Waals surface area contributed by atoms with E-state index in [1.54, 1.807) is 19.1 Å². The number of nitro groups is 1. The average molecular weight is 345 g/mol. The van der Waals surface area contributed by atoms with Crippen LogP contribution in [0.2, 0.25) is 0 Å². The van der Waals surface area contributed by atoms with E-state index >= 15 is 0 Å². The van der Waals surface area contributed by atoms with E-state index in [1.165, 1.54) is 12.1 Å². The van der Waals surface area contributed by atoms with Gasteiger partial charge >= 0.3 is 11.7 Å². The summed E-state index contributed by atoms with van der Waals surface area (Å²) in [4.78, 5) is 21.7. The third kappa shape index (κ3) is 4.05. The fraction of sp³-hybridized carbons (Fsp3) is 0.118. The van der Waals surface area contributed by atoms with Crippen molar-refractivity contribution in [3.8, 4) is 17.2 Å². The van der Waals surface area contributed by atoms with Gasteiger partial charge in [-0.25, -0.2) is 4.79 Å². The number of rotatable bonds is 6. The first-order valence-electron chi connectivity index (χ1n) is 7.22. The highest BCUT2D eigenvalue weighted by molar-refractivity contribution is 6.21. The number of phenols is 2. The largest absolute Gasteiger partial charge is 0.507 e. The van der Waals surface area contributed by atoms with Gasteiger partial charge in [0.05, 0.1) is 17.1 Å². The van der Waals surface area contributed by atoms with Crippen LogP contribution in [-0.2, 0) is 4.79 Å². The second-order valence-electron chi connectivity index (χ2n) is 4.98. The number of aliphatic carboxylic acids is 1. The van der Waals surface area contributed by atoms with E-state index in [9.17, 15) is 30.2 Å². The number of carboxylic acids is 1. The van der Waals surface area contributed by atoms with Crippen molar-refractivity contribution in [2.75, 3.05) is 6.61 Å². The molecule has 0 bridgehead atoms. The average Bonchev–Trinajstić information content (AvgIpc) is 2.54. The molecule has 0 heterocycles. The van der Waals surface area contributed by atoms with E-state index in [2.05, 4.69) is 0 Å². The lowest BCUT2D eigenvalue weighted by molar-refractivity contribution is -0.385. The number of hydrogen-bond acceptors (Lipinski definition) is 6. The zero-order valence-corrected chi connectivity index (χ0v) is 13.2. The SMILES string of the molecule is CCOc1cccc(/C(=C/c2cc([N+](=O)[O-])c(O)cc2O)C(=O)O)c1. The van der Waals surface area contributed by atoms with Crippen molar-refractivity contribution in [3.05, 3.63) is 57.6 Å². The molecule has 2 aromatic carbocycles. The standard InChI is InChI=1S/C17H15NO7/c1-2-25-12-5-3-4-10(6-12)13(17(21)22)7-11-8-14(18(23)24)16(20)9-15(11)19/h3-9,19-20H,2H2,1H3,(H,21,22)/b13-7-. The van der Waals surface area contributed by atoms with Crippen molar-refractivity contribution < 1.29 is 29.8 Å². The Labute approximate surface area is 142 Å². The number of aromatic hydroxyl groups is 2. The van der Waals surface area contributed by atoms with Crippen LogP contribution in [0, 0.1) is 10.1 Å². The van der Waals surface area contributed by atoms with E-state index < -0.39 is 28.1 Å². The predicted molar refractivity (Wildman–Crippen MR) is 89.5 cm³/mol. The lowest BCUT2D eigenvalue weighted by atomic mass is 10.0. The lowest BCUT2D eigenvalue weighted by Gasteiger charge is -2.08. The summed E-state index contributed by atoms with van der Waals surface area (Å²) in [5.41, 5.74) is -0.647. The maximum Gasteiger partial charge on any atom is 0.336 e. The van der Waals surface area contributed by atoms with Crippen LogP contribution in [0.4, 0.5) is 5.69 Å². The summed E-state index contributed by atoms with van der Waals surface area (Å²) in [7, 11) is 0. The highest BCUT2D eigenvalue weighted by Crippen LogP contribution is 2.35. The van der Waals surface area contributed by atoms with Gasteiger partial charge in [-0.05, 0) is 30.7 Å². The number of benzene rings is 2. The normalized spacial score (nSPS) is 11.2. The Bertz CT molecular complexity index is 858. The van der Waals surface area contributed by atoms with Crippen molar-refractivity contribution in [1.29, 1.82) is 0 Å². The lowest BCUT2D eigenvalue weighted by Crippen LogP contribution is -2.01. The molecule has 0 aliphatic heterocycles. The van der Waals surface area contributed by atoms with Gasteiger partial charge < -0.3 is 20.1 Å². The summed E-state index contributed by atoms with van der Waals surface area (Å²) in [5.74, 6) is -2.02. The molecule has 0 saturated heterocycles. The van der Waals surface area contributed by atoms with Gasteiger partial charge in [0.2, 0.25) is 0 Å². The molecule has 2 rings (SSSR count). The van der Waals surface area contributed by atoms with Gasteiger partial charge in [-0.2, -0.15) is 0 Å². The summed E-state index contributed by atoms with van der Waals surface area (Å²) in [5, 5.41) is 39.7. The van der Waals surface area contributed by atoms with Crippen LogP contribution in [0.1, 0.15) is 18.1 Å². The maximum absolute atomic E-state index is 11.6. The zero-order valence-electron chi connectivity index (χ0n) is 13.2. The highest BCUT2D eigenvalue weighted by Gasteiger charge is 2.19. The van der Waals surface area contributed by atoms with E-state index in [1.807, 2.05) is 0 Å². The molecule has 0 aliphatic rings. The Hall–Kier alpha value is -3.55. The Morgan fingerprint density at radius 2 is 1.96 bits per heavy atom. The molecule has 130 valence electrons. The Morgan fingerprint density at radius 1 is 1.24 bits per heavy atom. The van der Waals surface area contributed by atoms with Gasteiger partial charge in [0.25, 0.3) is 0 Å². The fourth-order valence-electron chi connectivity index (χ4n) is 2.19. The molecule has 8 heteroatoms. The number of ether oxygens (including phenoxy) is 1. The molecular weight excluding hydrogens is 330 g/mol. The van der Waals surface area contributed by atoms with Gasteiger partial charge in [0.15, 0.2) is 5.75 Å². The summed E-state index contributed by atoms with van der Waals surface area (Å²) < 4.78 is 5.32. The molecule has 0 aliphatic carbocycles. The van der Waals surface area contributed by atoms with E-state index in [-0.39, 0.29) is 11.1 Å². The molecule has 0 atom stereocenters. The van der Waals surface area contributed by atoms with Gasteiger partial charge in [-0.3, -0.25) is 10.1 Å². The Kier molecular flexibility index (Phi) is 5.23. The number of nitrogens with zero attached hydrogens (tertiary/aromatic N) is 1. The summed E-state index contributed by atoms with van der Waals surface area (Å²) in [6.45, 7) is 2.19. The minimum Gasteiger partial charge on any atom is -0.507 e. The third-order valence-corrected chi connectivity index (χ3v) is 3.31. The monoisotopic (exact) mass is 345 g/mol. The van der Waals surface area contributed by atoms with Gasteiger partial charge in [0, 0.05) is 17.7 Å². The molecule has 0 unspecified atom stereocenters. The van der Waals surface area contributed by atoms with Gasteiger partial charge in [-0.15, -0.1) is 0 Å². The molecule has 0 radical (unpaired) electrons. The maximum atomic E-state index is 11.6. The summed E-state index contributed by atoms with van der Waals surface area (Å²) >= 11 is 0. The number of nitro benzene ring substituents is 1. The topological polar surface area (TPSA) is 130 Å². The first kappa shape index (κ1) is 17.8. The number of hydrogen-bond donors (Lipinski definition) is 3. The molecule has 0 fully saturated rings. The molecule has 0 saturated carbocycles. The van der Waals surface area contributed by atoms with E-state index in [0.29, 0.717) is 17.9 Å². The Balaban J connectivity index is 2.58. The molecule has 0 spiro atoms. The summed E-state index contributed by atoms with van der Waals surface area (Å²) in [6.07, 6.45) is 1.09. The van der Waals surface area contributed by atoms with Gasteiger partial charge in [0.1, 0.15) is 11.5 Å². The zero-order chi connectivity index (χ0) is 18.6. The van der Waals surface area contributed by atoms with Crippen molar-refractivity contribution in [1.82, 2.24) is 0 Å². The predicted octanol–water partition coefficient (Wildman–Crippen LogP) is 3.03. The molecular formula is C17H15NO7. The van der Waals surface area contributed by atoms with Crippen molar-refractivity contribution >= 4 is 23.3 Å². The van der Waals surface area contributed by atoms with E-state index in [0.717, 1.165) is 18.2 Å². The number of carboxylic acid groups (broad SMARTS) is 1. The number of phenolic OH excluding ortho intramolecular Hbond substituents is 2. The minimum absolute atomic E-state index is 0.108. The van der Waals surface area contributed by atoms with Crippen LogP contribution < -0.4 is 4.74 Å². The van der Waals surface area contributed by atoms with Crippen LogP contribution in [-0.4, -0.2) is 32.8 Å². The Morgan fingerprint density at radius 3 is 2.56 bits per heavy atom. The molecule has 8 nitrogen and oxygen atoms in total. The first-order chi connectivity index (χ1) is 11.8. The molecule has 0 aromatic heterocycles.